The minimum atomic E-state index is -3.15. The van der Waals surface area contributed by atoms with Crippen molar-refractivity contribution >= 4 is 21.4 Å². The third-order valence-electron chi connectivity index (χ3n) is 3.17. The fourth-order valence-corrected chi connectivity index (χ4v) is 4.45. The summed E-state index contributed by atoms with van der Waals surface area (Å²) < 4.78 is 35.9. The van der Waals surface area contributed by atoms with Gasteiger partial charge < -0.3 is 0 Å². The predicted octanol–water partition coefficient (Wildman–Crippen LogP) is 2.35. The maximum Gasteiger partial charge on any atom is 0.151 e. The summed E-state index contributed by atoms with van der Waals surface area (Å²) >= 11 is 5.90. The molecule has 0 aliphatic carbocycles. The summed E-state index contributed by atoms with van der Waals surface area (Å²) in [4.78, 5) is 0. The second kappa shape index (κ2) is 4.52. The second-order valence-electron chi connectivity index (χ2n) is 4.65. The van der Waals surface area contributed by atoms with Gasteiger partial charge in [-0.15, -0.1) is 0 Å². The van der Waals surface area contributed by atoms with Gasteiger partial charge in [-0.25, -0.2) is 12.8 Å². The number of nitrogens with zero attached hydrogens (tertiary/aromatic N) is 1. The Hall–Kier alpha value is -1.12. The van der Waals surface area contributed by atoms with E-state index in [4.69, 9.17) is 11.6 Å². The van der Waals surface area contributed by atoms with Crippen LogP contribution in [0, 0.1) is 22.6 Å². The molecule has 0 aromatic heterocycles. The number of nitriles is 1. The first-order chi connectivity index (χ1) is 8.36. The van der Waals surface area contributed by atoms with Crippen molar-refractivity contribution in [3.05, 3.63) is 34.6 Å². The Morgan fingerprint density at radius 2 is 2.22 bits per heavy atom. The van der Waals surface area contributed by atoms with Gasteiger partial charge in [0.25, 0.3) is 0 Å². The molecule has 0 bridgehead atoms. The second-order valence-corrected chi connectivity index (χ2v) is 7.24. The normalized spacial score (nSPS) is 25.8. The zero-order valence-corrected chi connectivity index (χ0v) is 11.1. The Balaban J connectivity index is 2.30. The molecule has 0 radical (unpaired) electrons. The highest BCUT2D eigenvalue weighted by Crippen LogP contribution is 2.36. The van der Waals surface area contributed by atoms with E-state index in [9.17, 15) is 18.1 Å². The van der Waals surface area contributed by atoms with Gasteiger partial charge >= 0.3 is 0 Å². The minimum absolute atomic E-state index is 0.0272. The molecule has 1 unspecified atom stereocenters. The van der Waals surface area contributed by atoms with Gasteiger partial charge in [-0.05, 0) is 30.5 Å². The van der Waals surface area contributed by atoms with Crippen LogP contribution in [0.1, 0.15) is 12.0 Å². The summed E-state index contributed by atoms with van der Waals surface area (Å²) in [6.07, 6.45) is 0.543. The van der Waals surface area contributed by atoms with Gasteiger partial charge in [0.2, 0.25) is 0 Å². The Morgan fingerprint density at radius 3 is 2.72 bits per heavy atom. The summed E-state index contributed by atoms with van der Waals surface area (Å²) in [6.45, 7) is 0. The lowest BCUT2D eigenvalue weighted by Gasteiger charge is -2.19. The topological polar surface area (TPSA) is 57.9 Å². The van der Waals surface area contributed by atoms with Crippen LogP contribution in [0.25, 0.3) is 0 Å². The van der Waals surface area contributed by atoms with Crippen molar-refractivity contribution in [2.24, 2.45) is 5.41 Å². The van der Waals surface area contributed by atoms with E-state index in [-0.39, 0.29) is 22.9 Å². The van der Waals surface area contributed by atoms with Crippen LogP contribution in [0.15, 0.2) is 18.2 Å². The van der Waals surface area contributed by atoms with Crippen molar-refractivity contribution in [2.45, 2.75) is 12.8 Å². The Morgan fingerprint density at radius 1 is 1.50 bits per heavy atom. The van der Waals surface area contributed by atoms with E-state index in [1.807, 2.05) is 0 Å². The molecule has 6 heteroatoms. The average molecular weight is 288 g/mol. The van der Waals surface area contributed by atoms with Crippen LogP contribution < -0.4 is 0 Å². The van der Waals surface area contributed by atoms with Crippen molar-refractivity contribution < 1.29 is 12.8 Å². The average Bonchev–Trinajstić information content (AvgIpc) is 2.59. The van der Waals surface area contributed by atoms with Gasteiger partial charge in [0.1, 0.15) is 5.82 Å². The molecule has 18 heavy (non-hydrogen) atoms. The highest BCUT2D eigenvalue weighted by Gasteiger charge is 2.42. The molecule has 1 aliphatic rings. The van der Waals surface area contributed by atoms with E-state index in [1.165, 1.54) is 18.2 Å². The summed E-state index contributed by atoms with van der Waals surface area (Å²) in [5.41, 5.74) is -0.322. The molecular formula is C12H11ClFNO2S. The first-order valence-corrected chi connectivity index (χ1v) is 7.61. The molecule has 0 amide bonds. The van der Waals surface area contributed by atoms with Crippen molar-refractivity contribution in [1.29, 1.82) is 5.26 Å². The van der Waals surface area contributed by atoms with Crippen molar-refractivity contribution in [3.63, 3.8) is 0 Å². The zero-order valence-electron chi connectivity index (χ0n) is 9.49. The standard InChI is InChI=1S/C12H11ClFNO2S/c13-11-5-10(14)2-1-9(11)6-12(7-15)3-4-18(16,17)8-12/h1-2,5H,3-4,6,8H2. The van der Waals surface area contributed by atoms with Crippen molar-refractivity contribution in [1.82, 2.24) is 0 Å². The molecule has 3 nitrogen and oxygen atoms in total. The van der Waals surface area contributed by atoms with E-state index in [2.05, 4.69) is 6.07 Å². The highest BCUT2D eigenvalue weighted by atomic mass is 35.5. The summed E-state index contributed by atoms with van der Waals surface area (Å²) in [7, 11) is -3.15. The number of rotatable bonds is 2. The van der Waals surface area contributed by atoms with Crippen LogP contribution in [0.2, 0.25) is 5.02 Å². The fourth-order valence-electron chi connectivity index (χ4n) is 2.21. The quantitative estimate of drug-likeness (QED) is 0.839. The molecular weight excluding hydrogens is 277 g/mol. The van der Waals surface area contributed by atoms with Gasteiger partial charge in [-0.2, -0.15) is 5.26 Å². The van der Waals surface area contributed by atoms with Crippen LogP contribution in [0.5, 0.6) is 0 Å². The van der Waals surface area contributed by atoms with Crippen LogP contribution in [-0.4, -0.2) is 19.9 Å². The van der Waals surface area contributed by atoms with Gasteiger partial charge in [0, 0.05) is 5.02 Å². The summed E-state index contributed by atoms with van der Waals surface area (Å²) in [5.74, 6) is -0.572. The predicted molar refractivity (Wildman–Crippen MR) is 66.4 cm³/mol. The smallest absolute Gasteiger partial charge is 0.151 e. The van der Waals surface area contributed by atoms with Gasteiger partial charge in [-0.1, -0.05) is 17.7 Å². The van der Waals surface area contributed by atoms with E-state index in [0.717, 1.165) is 0 Å². The number of hydrogen-bond donors (Lipinski definition) is 0. The Labute approximate surface area is 110 Å². The molecule has 1 saturated heterocycles. The number of hydrogen-bond acceptors (Lipinski definition) is 3. The zero-order chi connectivity index (χ0) is 13.4. The molecule has 0 N–H and O–H groups in total. The molecule has 1 aromatic rings. The van der Waals surface area contributed by atoms with Crippen LogP contribution in [0.4, 0.5) is 4.39 Å². The molecule has 2 rings (SSSR count). The molecule has 1 fully saturated rings. The first-order valence-electron chi connectivity index (χ1n) is 5.41. The minimum Gasteiger partial charge on any atom is -0.229 e. The number of sulfone groups is 1. The molecule has 0 saturated carbocycles. The maximum absolute atomic E-state index is 12.9. The van der Waals surface area contributed by atoms with Gasteiger partial charge in [-0.3, -0.25) is 0 Å². The van der Waals surface area contributed by atoms with E-state index < -0.39 is 21.1 Å². The molecule has 1 heterocycles. The summed E-state index contributed by atoms with van der Waals surface area (Å²) in [5, 5.41) is 9.45. The lowest BCUT2D eigenvalue weighted by atomic mass is 9.83. The largest absolute Gasteiger partial charge is 0.229 e. The van der Waals surface area contributed by atoms with Crippen LogP contribution >= 0.6 is 11.6 Å². The van der Waals surface area contributed by atoms with Gasteiger partial charge in [0.15, 0.2) is 9.84 Å². The molecule has 96 valence electrons. The van der Waals surface area contributed by atoms with Gasteiger partial charge in [0.05, 0.1) is 23.0 Å². The third kappa shape index (κ3) is 2.65. The monoisotopic (exact) mass is 287 g/mol. The lowest BCUT2D eigenvalue weighted by molar-refractivity contribution is 0.451. The molecule has 1 aromatic carbocycles. The maximum atomic E-state index is 12.9. The van der Waals surface area contributed by atoms with Crippen LogP contribution in [-0.2, 0) is 16.3 Å². The fraction of sp³-hybridized carbons (Fsp3) is 0.417. The Bertz CT molecular complexity index is 623. The van der Waals surface area contributed by atoms with Crippen LogP contribution in [0.3, 0.4) is 0 Å². The third-order valence-corrected chi connectivity index (χ3v) is 5.34. The number of benzene rings is 1. The highest BCUT2D eigenvalue weighted by molar-refractivity contribution is 7.91. The molecule has 1 aliphatic heterocycles. The van der Waals surface area contributed by atoms with Crippen molar-refractivity contribution in [2.75, 3.05) is 11.5 Å². The Kier molecular flexibility index (Phi) is 3.35. The van der Waals surface area contributed by atoms with Crippen molar-refractivity contribution in [3.8, 4) is 6.07 Å². The first kappa shape index (κ1) is 13.3. The van der Waals surface area contributed by atoms with E-state index in [1.54, 1.807) is 0 Å². The number of halogens is 2. The lowest BCUT2D eigenvalue weighted by Crippen LogP contribution is -2.23. The SMILES string of the molecule is N#CC1(Cc2ccc(F)cc2Cl)CCS(=O)(=O)C1. The van der Waals surface area contributed by atoms with E-state index in [0.29, 0.717) is 12.0 Å². The molecule has 1 atom stereocenters. The summed E-state index contributed by atoms with van der Waals surface area (Å²) in [6, 6.07) is 6.03. The molecule has 0 spiro atoms. The van der Waals surface area contributed by atoms with E-state index >= 15 is 0 Å².